The molecule has 1 aliphatic carbocycles. The van der Waals surface area contributed by atoms with Crippen LogP contribution >= 0.6 is 0 Å². The Balaban J connectivity index is 2.34. The standard InChI is InChI=1S/C13H21N3O3S/c14-10-7-12(9-13(8-10)20(15,18)19)16(5-2-6-17)11-3-1-4-11/h7-9,11,17H,1-6,14H2,(H2,15,18,19). The smallest absolute Gasteiger partial charge is 0.238 e. The monoisotopic (exact) mass is 299 g/mol. The van der Waals surface area contributed by atoms with Crippen molar-refractivity contribution in [2.24, 2.45) is 5.14 Å². The summed E-state index contributed by atoms with van der Waals surface area (Å²) < 4.78 is 23.0. The van der Waals surface area contributed by atoms with Crippen molar-refractivity contribution in [3.63, 3.8) is 0 Å². The molecule has 0 saturated heterocycles. The quantitative estimate of drug-likeness (QED) is 0.668. The summed E-state index contributed by atoms with van der Waals surface area (Å²) in [5.74, 6) is 0. The molecule has 0 radical (unpaired) electrons. The van der Waals surface area contributed by atoms with Gasteiger partial charge in [-0.25, -0.2) is 13.6 Å². The van der Waals surface area contributed by atoms with Crippen LogP contribution in [0, 0.1) is 0 Å². The van der Waals surface area contributed by atoms with E-state index < -0.39 is 10.0 Å². The first-order valence-corrected chi connectivity index (χ1v) is 8.27. The topological polar surface area (TPSA) is 110 Å². The molecular weight excluding hydrogens is 278 g/mol. The molecule has 0 aliphatic heterocycles. The molecule has 0 aromatic heterocycles. The summed E-state index contributed by atoms with van der Waals surface area (Å²) in [5.41, 5.74) is 6.92. The molecule has 1 aromatic rings. The maximum absolute atomic E-state index is 11.5. The highest BCUT2D eigenvalue weighted by atomic mass is 32.2. The van der Waals surface area contributed by atoms with Gasteiger partial charge in [0.25, 0.3) is 0 Å². The fourth-order valence-corrected chi connectivity index (χ4v) is 2.98. The molecule has 112 valence electrons. The summed E-state index contributed by atoms with van der Waals surface area (Å²) >= 11 is 0. The first-order chi connectivity index (χ1) is 9.41. The third-order valence-electron chi connectivity index (χ3n) is 3.65. The van der Waals surface area contributed by atoms with E-state index in [-0.39, 0.29) is 11.5 Å². The zero-order chi connectivity index (χ0) is 14.8. The number of benzene rings is 1. The largest absolute Gasteiger partial charge is 0.399 e. The van der Waals surface area contributed by atoms with Crippen molar-refractivity contribution in [1.82, 2.24) is 0 Å². The number of anilines is 2. The molecule has 2 rings (SSSR count). The zero-order valence-corrected chi connectivity index (χ0v) is 12.1. The van der Waals surface area contributed by atoms with Gasteiger partial charge in [0.15, 0.2) is 0 Å². The average molecular weight is 299 g/mol. The van der Waals surface area contributed by atoms with Crippen molar-refractivity contribution < 1.29 is 13.5 Å². The van der Waals surface area contributed by atoms with Gasteiger partial charge < -0.3 is 15.7 Å². The number of primary sulfonamides is 1. The second-order valence-corrected chi connectivity index (χ2v) is 6.72. The molecule has 1 aliphatic rings. The summed E-state index contributed by atoms with van der Waals surface area (Å²) in [6.45, 7) is 0.780. The Morgan fingerprint density at radius 2 is 2.00 bits per heavy atom. The van der Waals surface area contributed by atoms with Crippen molar-refractivity contribution in [2.75, 3.05) is 23.8 Å². The molecule has 0 amide bonds. The minimum Gasteiger partial charge on any atom is -0.399 e. The lowest BCUT2D eigenvalue weighted by atomic mass is 9.91. The van der Waals surface area contributed by atoms with Gasteiger partial charge in [-0.2, -0.15) is 0 Å². The van der Waals surface area contributed by atoms with E-state index in [1.807, 2.05) is 0 Å². The van der Waals surface area contributed by atoms with Gasteiger partial charge in [0.1, 0.15) is 0 Å². The Morgan fingerprint density at radius 3 is 2.50 bits per heavy atom. The van der Waals surface area contributed by atoms with Gasteiger partial charge >= 0.3 is 0 Å². The maximum Gasteiger partial charge on any atom is 0.238 e. The van der Waals surface area contributed by atoms with Crippen molar-refractivity contribution in [3.05, 3.63) is 18.2 Å². The van der Waals surface area contributed by atoms with E-state index in [9.17, 15) is 8.42 Å². The van der Waals surface area contributed by atoms with Crippen LogP contribution < -0.4 is 15.8 Å². The maximum atomic E-state index is 11.5. The minimum absolute atomic E-state index is 0.0285. The predicted molar refractivity (Wildman–Crippen MR) is 78.9 cm³/mol. The van der Waals surface area contributed by atoms with E-state index in [1.54, 1.807) is 12.1 Å². The highest BCUT2D eigenvalue weighted by Crippen LogP contribution is 2.32. The molecule has 7 heteroatoms. The highest BCUT2D eigenvalue weighted by molar-refractivity contribution is 7.89. The van der Waals surface area contributed by atoms with Gasteiger partial charge in [-0.3, -0.25) is 0 Å². The van der Waals surface area contributed by atoms with E-state index in [2.05, 4.69) is 4.90 Å². The van der Waals surface area contributed by atoms with Crippen molar-refractivity contribution >= 4 is 21.4 Å². The van der Waals surface area contributed by atoms with Crippen molar-refractivity contribution in [3.8, 4) is 0 Å². The molecule has 0 bridgehead atoms. The molecule has 0 unspecified atom stereocenters. The number of aliphatic hydroxyl groups is 1. The summed E-state index contributed by atoms with van der Waals surface area (Å²) in [7, 11) is -3.77. The Kier molecular flexibility index (Phi) is 4.52. The van der Waals surface area contributed by atoms with Gasteiger partial charge in [0.2, 0.25) is 10.0 Å². The van der Waals surface area contributed by atoms with Gasteiger partial charge in [-0.1, -0.05) is 0 Å². The molecule has 0 spiro atoms. The third kappa shape index (κ3) is 3.41. The Morgan fingerprint density at radius 1 is 1.30 bits per heavy atom. The molecular formula is C13H21N3O3S. The lowest BCUT2D eigenvalue weighted by Gasteiger charge is -2.39. The van der Waals surface area contributed by atoms with Crippen LogP contribution in [0.1, 0.15) is 25.7 Å². The molecule has 0 heterocycles. The minimum atomic E-state index is -3.77. The van der Waals surface area contributed by atoms with Crippen LogP contribution in [-0.2, 0) is 10.0 Å². The number of nitrogens with zero attached hydrogens (tertiary/aromatic N) is 1. The SMILES string of the molecule is Nc1cc(N(CCCO)C2CCC2)cc(S(N)(=O)=O)c1. The van der Waals surface area contributed by atoms with Gasteiger partial charge in [-0.15, -0.1) is 0 Å². The zero-order valence-electron chi connectivity index (χ0n) is 11.3. The molecule has 1 fully saturated rings. The van der Waals surface area contributed by atoms with Crippen LogP contribution in [0.5, 0.6) is 0 Å². The first-order valence-electron chi connectivity index (χ1n) is 6.72. The fourth-order valence-electron chi connectivity index (χ4n) is 2.40. The van der Waals surface area contributed by atoms with Crippen molar-refractivity contribution in [2.45, 2.75) is 36.6 Å². The number of hydrogen-bond acceptors (Lipinski definition) is 5. The Hall–Kier alpha value is -1.31. The number of hydrogen-bond donors (Lipinski definition) is 3. The van der Waals surface area contributed by atoms with Crippen LogP contribution in [0.2, 0.25) is 0 Å². The Labute approximate surface area is 119 Å². The van der Waals surface area contributed by atoms with Gasteiger partial charge in [-0.05, 0) is 43.9 Å². The molecule has 1 aromatic carbocycles. The number of aliphatic hydroxyl groups excluding tert-OH is 1. The molecule has 6 nitrogen and oxygen atoms in total. The number of nitrogen functional groups attached to an aromatic ring is 1. The fraction of sp³-hybridized carbons (Fsp3) is 0.538. The summed E-state index contributed by atoms with van der Waals surface area (Å²) in [6.07, 6.45) is 3.95. The van der Waals surface area contributed by atoms with Gasteiger partial charge in [0, 0.05) is 30.6 Å². The molecule has 5 N–H and O–H groups in total. The number of nitrogens with two attached hydrogens (primary N) is 2. The second kappa shape index (κ2) is 5.99. The van der Waals surface area contributed by atoms with E-state index in [0.29, 0.717) is 24.7 Å². The lowest BCUT2D eigenvalue weighted by molar-refractivity contribution is 0.283. The summed E-state index contributed by atoms with van der Waals surface area (Å²) in [4.78, 5) is 2.14. The molecule has 1 saturated carbocycles. The first kappa shape index (κ1) is 15.1. The van der Waals surface area contributed by atoms with Crippen LogP contribution in [0.4, 0.5) is 11.4 Å². The van der Waals surface area contributed by atoms with Crippen LogP contribution in [0.3, 0.4) is 0 Å². The third-order valence-corrected chi connectivity index (χ3v) is 4.54. The van der Waals surface area contributed by atoms with Crippen molar-refractivity contribution in [1.29, 1.82) is 0 Å². The van der Waals surface area contributed by atoms with E-state index in [1.165, 1.54) is 12.5 Å². The lowest BCUT2D eigenvalue weighted by Crippen LogP contribution is -2.41. The van der Waals surface area contributed by atoms with Crippen LogP contribution in [0.25, 0.3) is 0 Å². The second-order valence-electron chi connectivity index (χ2n) is 5.16. The Bertz CT molecular complexity index is 570. The highest BCUT2D eigenvalue weighted by Gasteiger charge is 2.25. The van der Waals surface area contributed by atoms with Gasteiger partial charge in [0.05, 0.1) is 4.90 Å². The normalized spacial score (nSPS) is 15.9. The van der Waals surface area contributed by atoms with E-state index in [0.717, 1.165) is 18.5 Å². The number of sulfonamides is 1. The average Bonchev–Trinajstić information content (AvgIpc) is 2.30. The summed E-state index contributed by atoms with van der Waals surface area (Å²) in [6, 6.07) is 5.06. The van der Waals surface area contributed by atoms with E-state index in [4.69, 9.17) is 16.0 Å². The number of rotatable bonds is 6. The molecule has 0 atom stereocenters. The molecule has 20 heavy (non-hydrogen) atoms. The van der Waals surface area contributed by atoms with Crippen LogP contribution in [0.15, 0.2) is 23.1 Å². The van der Waals surface area contributed by atoms with Crippen LogP contribution in [-0.4, -0.2) is 32.7 Å². The predicted octanol–water partition coefficient (Wildman–Crippen LogP) is 0.658. The summed E-state index contributed by atoms with van der Waals surface area (Å²) in [5, 5.41) is 14.2. The van der Waals surface area contributed by atoms with E-state index >= 15 is 0 Å².